The zero-order valence-electron chi connectivity index (χ0n) is 9.34. The Hall–Kier alpha value is -0.0800. The predicted octanol–water partition coefficient (Wildman–Crippen LogP) is 1.72. The maximum Gasteiger partial charge on any atom is 0.00697 e. The quantitative estimate of drug-likeness (QED) is 0.654. The topological polar surface area (TPSA) is 15.3 Å². The summed E-state index contributed by atoms with van der Waals surface area (Å²) in [5, 5.41) is 3.64. The van der Waals surface area contributed by atoms with Crippen molar-refractivity contribution in [1.29, 1.82) is 0 Å². The smallest absolute Gasteiger partial charge is 0.00697 e. The molecule has 1 N–H and O–H groups in total. The summed E-state index contributed by atoms with van der Waals surface area (Å²) in [7, 11) is 4.27. The second-order valence-electron chi connectivity index (χ2n) is 4.73. The van der Waals surface area contributed by atoms with Crippen molar-refractivity contribution in [3.05, 3.63) is 0 Å². The highest BCUT2D eigenvalue weighted by Crippen LogP contribution is 2.24. The molecule has 0 amide bonds. The summed E-state index contributed by atoms with van der Waals surface area (Å²) in [6.07, 6.45) is 5.48. The van der Waals surface area contributed by atoms with Gasteiger partial charge in [0, 0.05) is 6.04 Å². The van der Waals surface area contributed by atoms with Crippen LogP contribution in [0.5, 0.6) is 0 Å². The first-order valence-corrected chi connectivity index (χ1v) is 5.56. The summed E-state index contributed by atoms with van der Waals surface area (Å²) in [6, 6.07) is 0.817. The number of rotatable bonds is 5. The summed E-state index contributed by atoms with van der Waals surface area (Å²) in [4.78, 5) is 2.25. The van der Waals surface area contributed by atoms with Crippen molar-refractivity contribution in [2.75, 3.05) is 27.2 Å². The second kappa shape index (κ2) is 5.61. The van der Waals surface area contributed by atoms with Crippen LogP contribution in [0.2, 0.25) is 0 Å². The van der Waals surface area contributed by atoms with Crippen molar-refractivity contribution < 1.29 is 0 Å². The zero-order valence-corrected chi connectivity index (χ0v) is 9.34. The third kappa shape index (κ3) is 4.63. The van der Waals surface area contributed by atoms with Gasteiger partial charge in [-0.2, -0.15) is 0 Å². The van der Waals surface area contributed by atoms with Crippen molar-refractivity contribution in [2.45, 2.75) is 38.6 Å². The van der Waals surface area contributed by atoms with Gasteiger partial charge in [-0.3, -0.25) is 0 Å². The van der Waals surface area contributed by atoms with Gasteiger partial charge in [-0.15, -0.1) is 0 Å². The third-order valence-electron chi connectivity index (χ3n) is 2.91. The van der Waals surface area contributed by atoms with E-state index in [9.17, 15) is 0 Å². The highest BCUT2D eigenvalue weighted by molar-refractivity contribution is 4.77. The molecular formula is C11H24N2. The van der Waals surface area contributed by atoms with Gasteiger partial charge in [0.15, 0.2) is 0 Å². The van der Waals surface area contributed by atoms with E-state index in [4.69, 9.17) is 0 Å². The molecule has 2 atom stereocenters. The zero-order chi connectivity index (χ0) is 9.68. The Morgan fingerprint density at radius 3 is 2.62 bits per heavy atom. The molecule has 0 bridgehead atoms. The average Bonchev–Trinajstić information content (AvgIpc) is 2.45. The van der Waals surface area contributed by atoms with Gasteiger partial charge in [-0.25, -0.2) is 0 Å². The largest absolute Gasteiger partial charge is 0.314 e. The molecule has 0 aromatic rings. The number of hydrogen-bond acceptors (Lipinski definition) is 2. The van der Waals surface area contributed by atoms with Crippen LogP contribution in [0.1, 0.15) is 32.6 Å². The minimum atomic E-state index is 0.817. The highest BCUT2D eigenvalue weighted by atomic mass is 15.1. The van der Waals surface area contributed by atoms with E-state index < -0.39 is 0 Å². The maximum atomic E-state index is 3.64. The molecule has 0 unspecified atom stereocenters. The predicted molar refractivity (Wildman–Crippen MR) is 58.0 cm³/mol. The van der Waals surface area contributed by atoms with Crippen LogP contribution in [-0.4, -0.2) is 38.1 Å². The van der Waals surface area contributed by atoms with Crippen molar-refractivity contribution in [2.24, 2.45) is 5.92 Å². The molecule has 13 heavy (non-hydrogen) atoms. The number of nitrogens with one attached hydrogen (secondary N) is 1. The van der Waals surface area contributed by atoms with Crippen LogP contribution in [0.15, 0.2) is 0 Å². The Bertz CT molecular complexity index is 134. The van der Waals surface area contributed by atoms with Crippen molar-refractivity contribution in [3.8, 4) is 0 Å². The van der Waals surface area contributed by atoms with Gasteiger partial charge in [0.25, 0.3) is 0 Å². The van der Waals surface area contributed by atoms with Crippen LogP contribution in [0.4, 0.5) is 0 Å². The van der Waals surface area contributed by atoms with Crippen molar-refractivity contribution in [3.63, 3.8) is 0 Å². The first kappa shape index (κ1) is 11.0. The molecule has 1 rings (SSSR count). The molecule has 1 saturated carbocycles. The van der Waals surface area contributed by atoms with E-state index in [1.54, 1.807) is 0 Å². The fourth-order valence-electron chi connectivity index (χ4n) is 2.09. The van der Waals surface area contributed by atoms with Gasteiger partial charge >= 0.3 is 0 Å². The van der Waals surface area contributed by atoms with Crippen molar-refractivity contribution >= 4 is 0 Å². The van der Waals surface area contributed by atoms with E-state index in [1.807, 2.05) is 0 Å². The first-order valence-electron chi connectivity index (χ1n) is 5.56. The lowest BCUT2D eigenvalue weighted by Gasteiger charge is -2.14. The molecule has 2 nitrogen and oxygen atoms in total. The van der Waals surface area contributed by atoms with E-state index in [0.29, 0.717) is 0 Å². The minimum Gasteiger partial charge on any atom is -0.314 e. The first-order chi connectivity index (χ1) is 6.18. The van der Waals surface area contributed by atoms with Crippen LogP contribution in [0, 0.1) is 5.92 Å². The van der Waals surface area contributed by atoms with Gasteiger partial charge in [-0.1, -0.05) is 6.92 Å². The van der Waals surface area contributed by atoms with E-state index in [-0.39, 0.29) is 0 Å². The summed E-state index contributed by atoms with van der Waals surface area (Å²) in [5.41, 5.74) is 0. The average molecular weight is 184 g/mol. The Morgan fingerprint density at radius 1 is 1.31 bits per heavy atom. The molecule has 78 valence electrons. The Morgan fingerprint density at radius 2 is 2.08 bits per heavy atom. The van der Waals surface area contributed by atoms with E-state index >= 15 is 0 Å². The SMILES string of the molecule is C[C@H]1CC[C@H](NCCCN(C)C)C1. The summed E-state index contributed by atoms with van der Waals surface area (Å²) in [5.74, 6) is 0.950. The van der Waals surface area contributed by atoms with E-state index in [0.717, 1.165) is 12.0 Å². The number of nitrogens with zero attached hydrogens (tertiary/aromatic N) is 1. The maximum absolute atomic E-state index is 3.64. The highest BCUT2D eigenvalue weighted by Gasteiger charge is 2.19. The number of hydrogen-bond donors (Lipinski definition) is 1. The molecule has 2 heteroatoms. The van der Waals surface area contributed by atoms with E-state index in [1.165, 1.54) is 38.8 Å². The summed E-state index contributed by atoms with van der Waals surface area (Å²) >= 11 is 0. The lowest BCUT2D eigenvalue weighted by atomic mass is 10.1. The normalized spacial score (nSPS) is 28.6. The molecule has 1 aliphatic rings. The third-order valence-corrected chi connectivity index (χ3v) is 2.91. The van der Waals surface area contributed by atoms with E-state index in [2.05, 4.69) is 31.2 Å². The van der Waals surface area contributed by atoms with Crippen LogP contribution >= 0.6 is 0 Å². The van der Waals surface area contributed by atoms with Crippen LogP contribution < -0.4 is 5.32 Å². The minimum absolute atomic E-state index is 0.817. The lowest BCUT2D eigenvalue weighted by Crippen LogP contribution is -2.29. The van der Waals surface area contributed by atoms with Crippen LogP contribution in [-0.2, 0) is 0 Å². The molecule has 0 saturated heterocycles. The summed E-state index contributed by atoms with van der Waals surface area (Å²) < 4.78 is 0. The standard InChI is InChI=1S/C11H24N2/c1-10-5-6-11(9-10)12-7-4-8-13(2)3/h10-12H,4-9H2,1-3H3/t10-,11-/m0/s1. The van der Waals surface area contributed by atoms with Gasteiger partial charge in [-0.05, 0) is 58.8 Å². The fraction of sp³-hybridized carbons (Fsp3) is 1.00. The Balaban J connectivity index is 1.94. The Kier molecular flexibility index (Phi) is 4.74. The summed E-state index contributed by atoms with van der Waals surface area (Å²) in [6.45, 7) is 4.76. The van der Waals surface area contributed by atoms with Crippen LogP contribution in [0.3, 0.4) is 0 Å². The van der Waals surface area contributed by atoms with Gasteiger partial charge in [0.1, 0.15) is 0 Å². The molecule has 0 aliphatic heterocycles. The molecule has 0 aromatic heterocycles. The van der Waals surface area contributed by atoms with Gasteiger partial charge in [0.05, 0.1) is 0 Å². The molecule has 0 heterocycles. The van der Waals surface area contributed by atoms with Gasteiger partial charge < -0.3 is 10.2 Å². The fourth-order valence-corrected chi connectivity index (χ4v) is 2.09. The lowest BCUT2D eigenvalue weighted by molar-refractivity contribution is 0.385. The molecule has 0 aromatic carbocycles. The van der Waals surface area contributed by atoms with Crippen LogP contribution in [0.25, 0.3) is 0 Å². The molecule has 1 fully saturated rings. The molecular weight excluding hydrogens is 160 g/mol. The van der Waals surface area contributed by atoms with Crippen molar-refractivity contribution in [1.82, 2.24) is 10.2 Å². The molecule has 1 aliphatic carbocycles. The second-order valence-corrected chi connectivity index (χ2v) is 4.73. The Labute approximate surface area is 82.7 Å². The van der Waals surface area contributed by atoms with Gasteiger partial charge in [0.2, 0.25) is 0 Å². The molecule has 0 spiro atoms. The molecule has 0 radical (unpaired) electrons. The monoisotopic (exact) mass is 184 g/mol.